The Morgan fingerprint density at radius 2 is 1.89 bits per heavy atom. The topological polar surface area (TPSA) is 65.1 Å². The standard InChI is InChI=1S/C12H21NO5/c1-8(14)17-9-7-16-12(5,6)13(9)10(15)18-11(2,3)4/h9H,7H2,1-6H3. The zero-order chi connectivity index (χ0) is 14.1. The number of hydrogen-bond donors (Lipinski definition) is 0. The van der Waals surface area contributed by atoms with E-state index in [-0.39, 0.29) is 6.61 Å². The molecule has 6 nitrogen and oxygen atoms in total. The van der Waals surface area contributed by atoms with Crippen molar-refractivity contribution in [2.24, 2.45) is 0 Å². The van der Waals surface area contributed by atoms with Crippen LogP contribution in [0.2, 0.25) is 0 Å². The molecule has 0 aromatic carbocycles. The lowest BCUT2D eigenvalue weighted by Gasteiger charge is -2.34. The zero-order valence-corrected chi connectivity index (χ0v) is 11.8. The van der Waals surface area contributed by atoms with Crippen LogP contribution in [0, 0.1) is 0 Å². The van der Waals surface area contributed by atoms with E-state index in [0.717, 1.165) is 0 Å². The third kappa shape index (κ3) is 3.60. The van der Waals surface area contributed by atoms with Gasteiger partial charge in [-0.1, -0.05) is 0 Å². The van der Waals surface area contributed by atoms with E-state index in [1.807, 2.05) is 0 Å². The monoisotopic (exact) mass is 259 g/mol. The van der Waals surface area contributed by atoms with E-state index in [4.69, 9.17) is 14.2 Å². The number of ether oxygens (including phenoxy) is 3. The highest BCUT2D eigenvalue weighted by Crippen LogP contribution is 2.29. The predicted octanol–water partition coefficient (Wildman–Crippen LogP) is 1.88. The Morgan fingerprint density at radius 3 is 2.33 bits per heavy atom. The van der Waals surface area contributed by atoms with Crippen LogP contribution in [0.4, 0.5) is 4.79 Å². The van der Waals surface area contributed by atoms with Gasteiger partial charge >= 0.3 is 12.1 Å². The Hall–Kier alpha value is -1.30. The summed E-state index contributed by atoms with van der Waals surface area (Å²) in [4.78, 5) is 24.4. The third-order valence-corrected chi connectivity index (χ3v) is 2.34. The number of carbonyl (C=O) groups excluding carboxylic acids is 2. The Balaban J connectivity index is 2.85. The molecule has 1 saturated heterocycles. The van der Waals surface area contributed by atoms with Crippen LogP contribution in [0.15, 0.2) is 0 Å². The van der Waals surface area contributed by atoms with Crippen molar-refractivity contribution in [1.82, 2.24) is 4.90 Å². The van der Waals surface area contributed by atoms with Gasteiger partial charge in [0.15, 0.2) is 0 Å². The average molecular weight is 259 g/mol. The quantitative estimate of drug-likeness (QED) is 0.673. The summed E-state index contributed by atoms with van der Waals surface area (Å²) in [5, 5.41) is 0. The van der Waals surface area contributed by atoms with Gasteiger partial charge in [-0.25, -0.2) is 9.69 Å². The van der Waals surface area contributed by atoms with Crippen molar-refractivity contribution in [3.63, 3.8) is 0 Å². The van der Waals surface area contributed by atoms with Crippen LogP contribution in [0.5, 0.6) is 0 Å². The number of nitrogens with zero attached hydrogens (tertiary/aromatic N) is 1. The van der Waals surface area contributed by atoms with Gasteiger partial charge in [-0.3, -0.25) is 4.79 Å². The lowest BCUT2D eigenvalue weighted by molar-refractivity contribution is -0.154. The van der Waals surface area contributed by atoms with Crippen LogP contribution < -0.4 is 0 Å². The molecule has 0 aliphatic carbocycles. The molecule has 0 N–H and O–H groups in total. The smallest absolute Gasteiger partial charge is 0.415 e. The van der Waals surface area contributed by atoms with E-state index < -0.39 is 29.6 Å². The lowest BCUT2D eigenvalue weighted by Crippen LogP contribution is -2.50. The highest BCUT2D eigenvalue weighted by Gasteiger charge is 2.47. The minimum absolute atomic E-state index is 0.145. The molecule has 1 atom stereocenters. The fraction of sp³-hybridized carbons (Fsp3) is 0.833. The molecule has 0 spiro atoms. The summed E-state index contributed by atoms with van der Waals surface area (Å²) < 4.78 is 15.8. The fourth-order valence-electron chi connectivity index (χ4n) is 1.69. The first-order valence-electron chi connectivity index (χ1n) is 5.86. The molecule has 0 bridgehead atoms. The first kappa shape index (κ1) is 14.8. The molecular formula is C12H21NO5. The van der Waals surface area contributed by atoms with Crippen LogP contribution in [0.3, 0.4) is 0 Å². The molecular weight excluding hydrogens is 238 g/mol. The Morgan fingerprint density at radius 1 is 1.33 bits per heavy atom. The van der Waals surface area contributed by atoms with E-state index in [2.05, 4.69) is 0 Å². The highest BCUT2D eigenvalue weighted by atomic mass is 16.6. The van der Waals surface area contributed by atoms with Gasteiger partial charge in [0, 0.05) is 6.92 Å². The molecule has 18 heavy (non-hydrogen) atoms. The minimum Gasteiger partial charge on any atom is -0.444 e. The van der Waals surface area contributed by atoms with Gasteiger partial charge in [-0.2, -0.15) is 0 Å². The molecule has 1 heterocycles. The summed E-state index contributed by atoms with van der Waals surface area (Å²) in [6.45, 7) is 10.2. The summed E-state index contributed by atoms with van der Waals surface area (Å²) in [5.74, 6) is -0.463. The van der Waals surface area contributed by atoms with Gasteiger partial charge in [0.05, 0.1) is 0 Å². The second kappa shape index (κ2) is 4.76. The van der Waals surface area contributed by atoms with Crippen LogP contribution in [-0.4, -0.2) is 41.1 Å². The third-order valence-electron chi connectivity index (χ3n) is 2.34. The van der Waals surface area contributed by atoms with Crippen molar-refractivity contribution in [2.45, 2.75) is 59.1 Å². The number of carbonyl (C=O) groups is 2. The summed E-state index contributed by atoms with van der Waals surface area (Å²) in [6, 6.07) is 0. The minimum atomic E-state index is -0.859. The summed E-state index contributed by atoms with van der Waals surface area (Å²) in [5.41, 5.74) is -1.47. The Labute approximate surface area is 107 Å². The average Bonchev–Trinajstić information content (AvgIpc) is 2.36. The first-order chi connectivity index (χ1) is 8.03. The molecule has 0 saturated carbocycles. The molecule has 1 unspecified atom stereocenters. The molecule has 1 rings (SSSR count). The highest BCUT2D eigenvalue weighted by molar-refractivity contribution is 5.71. The molecule has 0 radical (unpaired) electrons. The first-order valence-corrected chi connectivity index (χ1v) is 5.86. The maximum absolute atomic E-state index is 12.1. The maximum Gasteiger partial charge on any atom is 0.415 e. The van der Waals surface area contributed by atoms with Gasteiger partial charge < -0.3 is 14.2 Å². The molecule has 1 fully saturated rings. The Kier molecular flexibility index (Phi) is 3.90. The van der Waals surface area contributed by atoms with Crippen molar-refractivity contribution in [2.75, 3.05) is 6.61 Å². The van der Waals surface area contributed by atoms with Crippen molar-refractivity contribution in [1.29, 1.82) is 0 Å². The zero-order valence-electron chi connectivity index (χ0n) is 11.8. The van der Waals surface area contributed by atoms with E-state index in [1.165, 1.54) is 11.8 Å². The molecule has 0 aromatic heterocycles. The second-order valence-corrected chi connectivity index (χ2v) is 5.67. The van der Waals surface area contributed by atoms with E-state index in [1.54, 1.807) is 34.6 Å². The second-order valence-electron chi connectivity index (χ2n) is 5.67. The van der Waals surface area contributed by atoms with E-state index in [0.29, 0.717) is 0 Å². The van der Waals surface area contributed by atoms with Crippen LogP contribution in [0.25, 0.3) is 0 Å². The number of rotatable bonds is 1. The molecule has 1 amide bonds. The van der Waals surface area contributed by atoms with Crippen molar-refractivity contribution < 1.29 is 23.8 Å². The fourth-order valence-corrected chi connectivity index (χ4v) is 1.69. The summed E-state index contributed by atoms with van der Waals surface area (Å²) in [7, 11) is 0. The van der Waals surface area contributed by atoms with E-state index in [9.17, 15) is 9.59 Å². The number of esters is 1. The molecule has 1 aliphatic heterocycles. The van der Waals surface area contributed by atoms with E-state index >= 15 is 0 Å². The van der Waals surface area contributed by atoms with Crippen molar-refractivity contribution in [3.05, 3.63) is 0 Å². The number of amides is 1. The van der Waals surface area contributed by atoms with Crippen LogP contribution >= 0.6 is 0 Å². The van der Waals surface area contributed by atoms with Gasteiger partial charge in [0.25, 0.3) is 0 Å². The molecule has 1 aliphatic rings. The van der Waals surface area contributed by atoms with Gasteiger partial charge in [-0.15, -0.1) is 0 Å². The van der Waals surface area contributed by atoms with Gasteiger partial charge in [0.1, 0.15) is 17.9 Å². The van der Waals surface area contributed by atoms with Crippen molar-refractivity contribution in [3.8, 4) is 0 Å². The molecule has 104 valence electrons. The normalized spacial score (nSPS) is 22.8. The summed E-state index contributed by atoms with van der Waals surface area (Å²) >= 11 is 0. The largest absolute Gasteiger partial charge is 0.444 e. The van der Waals surface area contributed by atoms with Crippen LogP contribution in [-0.2, 0) is 19.0 Å². The SMILES string of the molecule is CC(=O)OC1COC(C)(C)N1C(=O)OC(C)(C)C. The Bertz CT molecular complexity index is 345. The molecule has 0 aromatic rings. The summed E-state index contributed by atoms with van der Waals surface area (Å²) in [6.07, 6.45) is -1.30. The van der Waals surface area contributed by atoms with Gasteiger partial charge in [-0.05, 0) is 34.6 Å². The van der Waals surface area contributed by atoms with Crippen LogP contribution in [0.1, 0.15) is 41.5 Å². The lowest BCUT2D eigenvalue weighted by atomic mass is 10.2. The van der Waals surface area contributed by atoms with Gasteiger partial charge in [0.2, 0.25) is 6.23 Å². The number of hydrogen-bond acceptors (Lipinski definition) is 5. The maximum atomic E-state index is 12.1. The molecule has 6 heteroatoms. The van der Waals surface area contributed by atoms with Crippen molar-refractivity contribution >= 4 is 12.1 Å². The predicted molar refractivity (Wildman–Crippen MR) is 63.7 cm³/mol.